The van der Waals surface area contributed by atoms with Gasteiger partial charge in [0.15, 0.2) is 0 Å². The maximum atomic E-state index is 11.1. The van der Waals surface area contributed by atoms with E-state index in [1.165, 1.54) is 19.3 Å². The van der Waals surface area contributed by atoms with Crippen molar-refractivity contribution >= 4 is 5.97 Å². The minimum absolute atomic E-state index is 0.0909. The van der Waals surface area contributed by atoms with Crippen LogP contribution >= 0.6 is 0 Å². The molecule has 0 spiro atoms. The molecule has 2 saturated carbocycles. The molecule has 0 amide bonds. The largest absolute Gasteiger partial charge is 0.480 e. The van der Waals surface area contributed by atoms with Gasteiger partial charge >= 0.3 is 5.97 Å². The minimum Gasteiger partial charge on any atom is -0.480 e. The highest BCUT2D eigenvalue weighted by Crippen LogP contribution is 2.52. The Balaban J connectivity index is 2.20. The summed E-state index contributed by atoms with van der Waals surface area (Å²) < 4.78 is 0. The Morgan fingerprint density at radius 3 is 2.93 bits per heavy atom. The Bertz CT molecular complexity index is 262. The summed E-state index contributed by atoms with van der Waals surface area (Å²) in [6.07, 6.45) is 6.79. The smallest absolute Gasteiger partial charge is 0.321 e. The first-order valence-electron chi connectivity index (χ1n) is 6.02. The average molecular weight is 211 g/mol. The fourth-order valence-electron chi connectivity index (χ4n) is 3.93. The second-order valence-corrected chi connectivity index (χ2v) is 5.69. The zero-order chi connectivity index (χ0) is 11.1. The van der Waals surface area contributed by atoms with Crippen LogP contribution < -0.4 is 5.73 Å². The van der Waals surface area contributed by atoms with E-state index in [0.29, 0.717) is 5.92 Å². The van der Waals surface area contributed by atoms with Crippen molar-refractivity contribution in [2.75, 3.05) is 0 Å². The quantitative estimate of drug-likeness (QED) is 0.734. The second kappa shape index (κ2) is 3.78. The average Bonchev–Trinajstić information content (AvgIpc) is 2.15. The third-order valence-electron chi connectivity index (χ3n) is 4.40. The normalized spacial score (nSPS) is 42.3. The number of hydrogen-bond donors (Lipinski definition) is 2. The molecule has 2 rings (SSSR count). The predicted octanol–water partition coefficient (Wildman–Crippen LogP) is 2.00. The second-order valence-electron chi connectivity index (χ2n) is 5.69. The fourth-order valence-corrected chi connectivity index (χ4v) is 3.93. The lowest BCUT2D eigenvalue weighted by Gasteiger charge is -2.49. The van der Waals surface area contributed by atoms with E-state index < -0.39 is 12.0 Å². The molecule has 2 aliphatic carbocycles. The summed E-state index contributed by atoms with van der Waals surface area (Å²) in [5, 5.41) is 9.10. The van der Waals surface area contributed by atoms with Gasteiger partial charge in [-0.2, -0.15) is 0 Å². The van der Waals surface area contributed by atoms with Crippen LogP contribution in [0.2, 0.25) is 0 Å². The number of carboxylic acids is 1. The van der Waals surface area contributed by atoms with Gasteiger partial charge in [-0.05, 0) is 42.9 Å². The van der Waals surface area contributed by atoms with E-state index in [1.54, 1.807) is 0 Å². The van der Waals surface area contributed by atoms with Gasteiger partial charge in [0.2, 0.25) is 0 Å². The standard InChI is InChI=1S/C12H21NO2/c1-8-5-9-3-2-4-12(6-8,7-9)10(13)11(14)15/h8-10H,2-7,13H2,1H3,(H,14,15)/t8?,9?,10-,12?/m1/s1. The van der Waals surface area contributed by atoms with Crippen LogP contribution in [0.5, 0.6) is 0 Å². The summed E-state index contributed by atoms with van der Waals surface area (Å²) in [5.74, 6) is 0.562. The third kappa shape index (κ3) is 1.89. The number of aliphatic carboxylic acids is 1. The van der Waals surface area contributed by atoms with E-state index in [2.05, 4.69) is 6.92 Å². The van der Waals surface area contributed by atoms with E-state index in [9.17, 15) is 4.79 Å². The maximum Gasteiger partial charge on any atom is 0.321 e. The Labute approximate surface area is 91.0 Å². The number of hydrogen-bond acceptors (Lipinski definition) is 2. The molecule has 3 heteroatoms. The fraction of sp³-hybridized carbons (Fsp3) is 0.917. The van der Waals surface area contributed by atoms with Crippen LogP contribution in [0.15, 0.2) is 0 Å². The predicted molar refractivity (Wildman–Crippen MR) is 58.4 cm³/mol. The zero-order valence-electron chi connectivity index (χ0n) is 9.41. The van der Waals surface area contributed by atoms with E-state index in [-0.39, 0.29) is 5.41 Å². The van der Waals surface area contributed by atoms with Crippen molar-refractivity contribution in [1.82, 2.24) is 0 Å². The van der Waals surface area contributed by atoms with Crippen LogP contribution in [0, 0.1) is 17.3 Å². The van der Waals surface area contributed by atoms with Gasteiger partial charge in [-0.3, -0.25) is 4.79 Å². The summed E-state index contributed by atoms with van der Waals surface area (Å²) >= 11 is 0. The molecule has 3 unspecified atom stereocenters. The van der Waals surface area contributed by atoms with Gasteiger partial charge in [-0.15, -0.1) is 0 Å². The van der Waals surface area contributed by atoms with Crippen LogP contribution in [0.25, 0.3) is 0 Å². The van der Waals surface area contributed by atoms with Gasteiger partial charge in [0.1, 0.15) is 6.04 Å². The third-order valence-corrected chi connectivity index (χ3v) is 4.40. The summed E-state index contributed by atoms with van der Waals surface area (Å²) in [5.41, 5.74) is 5.80. The van der Waals surface area contributed by atoms with Crippen molar-refractivity contribution in [3.05, 3.63) is 0 Å². The number of carbonyl (C=O) groups is 1. The Kier molecular flexibility index (Phi) is 2.75. The molecule has 0 aromatic carbocycles. The zero-order valence-corrected chi connectivity index (χ0v) is 9.41. The van der Waals surface area contributed by atoms with E-state index in [4.69, 9.17) is 10.8 Å². The van der Waals surface area contributed by atoms with Crippen molar-refractivity contribution in [3.63, 3.8) is 0 Å². The number of rotatable bonds is 2. The number of fused-ring (bicyclic) bond motifs is 2. The van der Waals surface area contributed by atoms with Gasteiger partial charge < -0.3 is 10.8 Å². The van der Waals surface area contributed by atoms with Gasteiger partial charge in [-0.1, -0.05) is 19.8 Å². The molecule has 15 heavy (non-hydrogen) atoms. The molecule has 0 saturated heterocycles. The van der Waals surface area contributed by atoms with Crippen LogP contribution in [-0.2, 0) is 4.79 Å². The van der Waals surface area contributed by atoms with Crippen molar-refractivity contribution in [2.45, 2.75) is 51.5 Å². The molecular weight excluding hydrogens is 190 g/mol. The summed E-state index contributed by atoms with van der Waals surface area (Å²) in [6, 6.07) is -0.650. The van der Waals surface area contributed by atoms with Gasteiger partial charge in [0.05, 0.1) is 0 Å². The van der Waals surface area contributed by atoms with E-state index >= 15 is 0 Å². The molecule has 2 aliphatic rings. The maximum absolute atomic E-state index is 11.1. The molecule has 2 fully saturated rings. The van der Waals surface area contributed by atoms with E-state index in [0.717, 1.165) is 25.2 Å². The molecular formula is C12H21NO2. The molecule has 4 atom stereocenters. The summed E-state index contributed by atoms with van der Waals surface area (Å²) in [6.45, 7) is 2.24. The monoisotopic (exact) mass is 211 g/mol. The lowest BCUT2D eigenvalue weighted by atomic mass is 9.56. The molecule has 3 N–H and O–H groups in total. The minimum atomic E-state index is -0.815. The molecule has 0 heterocycles. The van der Waals surface area contributed by atoms with Crippen molar-refractivity contribution in [1.29, 1.82) is 0 Å². The lowest BCUT2D eigenvalue weighted by Crippen LogP contribution is -2.52. The molecule has 3 nitrogen and oxygen atoms in total. The molecule has 0 aromatic rings. The number of nitrogens with two attached hydrogens (primary N) is 1. The van der Waals surface area contributed by atoms with E-state index in [1.807, 2.05) is 0 Å². The molecule has 0 aliphatic heterocycles. The molecule has 0 aromatic heterocycles. The first-order chi connectivity index (χ1) is 7.03. The van der Waals surface area contributed by atoms with Gasteiger partial charge in [-0.25, -0.2) is 0 Å². The van der Waals surface area contributed by atoms with Crippen LogP contribution in [0.4, 0.5) is 0 Å². The highest BCUT2D eigenvalue weighted by molar-refractivity contribution is 5.74. The summed E-state index contributed by atoms with van der Waals surface area (Å²) in [4.78, 5) is 11.1. The topological polar surface area (TPSA) is 63.3 Å². The van der Waals surface area contributed by atoms with Crippen LogP contribution in [0.3, 0.4) is 0 Å². The molecule has 0 radical (unpaired) electrons. The van der Waals surface area contributed by atoms with Gasteiger partial charge in [0, 0.05) is 0 Å². The Morgan fingerprint density at radius 1 is 1.53 bits per heavy atom. The van der Waals surface area contributed by atoms with Crippen molar-refractivity contribution in [3.8, 4) is 0 Å². The molecule has 86 valence electrons. The SMILES string of the molecule is CC1CC2CCCC([C@H](N)C(=O)O)(C1)C2. The van der Waals surface area contributed by atoms with Gasteiger partial charge in [0.25, 0.3) is 0 Å². The lowest BCUT2D eigenvalue weighted by molar-refractivity contribution is -0.144. The van der Waals surface area contributed by atoms with Crippen LogP contribution in [-0.4, -0.2) is 17.1 Å². The first-order valence-corrected chi connectivity index (χ1v) is 6.02. The molecule has 2 bridgehead atoms. The Hall–Kier alpha value is -0.570. The highest BCUT2D eigenvalue weighted by atomic mass is 16.4. The van der Waals surface area contributed by atoms with Crippen molar-refractivity contribution < 1.29 is 9.90 Å². The summed E-state index contributed by atoms with van der Waals surface area (Å²) in [7, 11) is 0. The Morgan fingerprint density at radius 2 is 2.27 bits per heavy atom. The highest BCUT2D eigenvalue weighted by Gasteiger charge is 2.47. The number of carboxylic acid groups (broad SMARTS) is 1. The first kappa shape index (κ1) is 10.9. The van der Waals surface area contributed by atoms with Crippen LogP contribution in [0.1, 0.15) is 45.4 Å². The van der Waals surface area contributed by atoms with Crippen molar-refractivity contribution in [2.24, 2.45) is 23.0 Å².